The summed E-state index contributed by atoms with van der Waals surface area (Å²) in [5.41, 5.74) is 0.0762. The largest absolute Gasteiger partial charge is 0.316 e. The summed E-state index contributed by atoms with van der Waals surface area (Å²) < 4.78 is 0. The van der Waals surface area contributed by atoms with Crippen LogP contribution in [0.5, 0.6) is 0 Å². The van der Waals surface area contributed by atoms with Gasteiger partial charge in [-0.05, 0) is 37.0 Å². The van der Waals surface area contributed by atoms with E-state index in [1.807, 2.05) is 12.1 Å². The minimum atomic E-state index is -0.299. The van der Waals surface area contributed by atoms with Crippen LogP contribution in [0.15, 0.2) is 34.0 Å². The molecule has 1 saturated carbocycles. The van der Waals surface area contributed by atoms with E-state index in [0.29, 0.717) is 17.0 Å². The van der Waals surface area contributed by atoms with E-state index >= 15 is 0 Å². The van der Waals surface area contributed by atoms with Gasteiger partial charge in [-0.3, -0.25) is 14.6 Å². The number of aromatic amines is 2. The summed E-state index contributed by atoms with van der Waals surface area (Å²) in [6.45, 7) is 0. The molecule has 5 nitrogen and oxygen atoms in total. The predicted octanol–water partition coefficient (Wildman–Crippen LogP) is 0.648. The van der Waals surface area contributed by atoms with E-state index in [-0.39, 0.29) is 16.5 Å². The predicted molar refractivity (Wildman–Crippen MR) is 85.8 cm³/mol. The SMILES string of the molecule is O=c1[nH]/c(=C\C2CCCCC2)c(=O)[nH]/c1=C\c1ccccn1. The molecule has 0 bridgehead atoms. The van der Waals surface area contributed by atoms with Crippen molar-refractivity contribution in [1.82, 2.24) is 15.0 Å². The van der Waals surface area contributed by atoms with Gasteiger partial charge < -0.3 is 9.97 Å². The summed E-state index contributed by atoms with van der Waals surface area (Å²) in [5, 5.41) is 0.597. The summed E-state index contributed by atoms with van der Waals surface area (Å²) in [7, 11) is 0. The molecule has 0 amide bonds. The third kappa shape index (κ3) is 3.42. The first-order valence-corrected chi connectivity index (χ1v) is 7.69. The number of hydrogen-bond donors (Lipinski definition) is 2. The lowest BCUT2D eigenvalue weighted by atomic mass is 9.89. The number of H-pyrrole nitrogens is 2. The highest BCUT2D eigenvalue weighted by Crippen LogP contribution is 2.24. The number of aromatic nitrogens is 3. The second-order valence-electron chi connectivity index (χ2n) is 5.70. The fourth-order valence-electron chi connectivity index (χ4n) is 2.86. The van der Waals surface area contributed by atoms with Crippen LogP contribution in [0.25, 0.3) is 12.2 Å². The molecular formula is C17H19N3O2. The lowest BCUT2D eigenvalue weighted by Crippen LogP contribution is -2.47. The van der Waals surface area contributed by atoms with Gasteiger partial charge >= 0.3 is 0 Å². The highest BCUT2D eigenvalue weighted by molar-refractivity contribution is 5.42. The topological polar surface area (TPSA) is 78.6 Å². The van der Waals surface area contributed by atoms with Crippen molar-refractivity contribution in [3.8, 4) is 0 Å². The molecule has 0 atom stereocenters. The molecule has 0 radical (unpaired) electrons. The molecule has 2 heterocycles. The van der Waals surface area contributed by atoms with E-state index in [2.05, 4.69) is 15.0 Å². The molecular weight excluding hydrogens is 278 g/mol. The summed E-state index contributed by atoms with van der Waals surface area (Å²) in [5.74, 6) is 0.385. The van der Waals surface area contributed by atoms with Crippen LogP contribution >= 0.6 is 0 Å². The maximum Gasteiger partial charge on any atom is 0.272 e. The van der Waals surface area contributed by atoms with Crippen LogP contribution in [-0.2, 0) is 0 Å². The first-order valence-electron chi connectivity index (χ1n) is 7.69. The van der Waals surface area contributed by atoms with Crippen LogP contribution in [0.2, 0.25) is 0 Å². The molecule has 114 valence electrons. The number of nitrogens with zero attached hydrogens (tertiary/aromatic N) is 1. The van der Waals surface area contributed by atoms with E-state index in [1.165, 1.54) is 19.3 Å². The van der Waals surface area contributed by atoms with E-state index in [0.717, 1.165) is 12.8 Å². The molecule has 1 aliphatic carbocycles. The summed E-state index contributed by atoms with van der Waals surface area (Å²) in [4.78, 5) is 33.8. The molecule has 0 unspecified atom stereocenters. The van der Waals surface area contributed by atoms with Crippen molar-refractivity contribution >= 4 is 12.2 Å². The van der Waals surface area contributed by atoms with Gasteiger partial charge in [0, 0.05) is 6.20 Å². The monoisotopic (exact) mass is 297 g/mol. The minimum Gasteiger partial charge on any atom is -0.316 e. The average molecular weight is 297 g/mol. The third-order valence-corrected chi connectivity index (χ3v) is 4.02. The highest BCUT2D eigenvalue weighted by Gasteiger charge is 2.10. The average Bonchev–Trinajstić information content (AvgIpc) is 2.54. The van der Waals surface area contributed by atoms with Crippen LogP contribution in [-0.4, -0.2) is 15.0 Å². The normalized spacial score (nSPS) is 17.8. The number of pyridine rings is 1. The minimum absolute atomic E-state index is 0.226. The Morgan fingerprint density at radius 1 is 1.00 bits per heavy atom. The standard InChI is InChI=1S/C17H19N3O2/c21-16-14(10-12-6-2-1-3-7-12)19-17(22)15(20-16)11-13-8-4-5-9-18-13/h4-5,8-12H,1-3,6-7H2,(H,19,22)(H,20,21)/b14-10-,15-11-. The molecule has 0 aromatic carbocycles. The fourth-order valence-corrected chi connectivity index (χ4v) is 2.86. The molecule has 0 saturated heterocycles. The Morgan fingerprint density at radius 3 is 2.45 bits per heavy atom. The van der Waals surface area contributed by atoms with Gasteiger partial charge in [0.2, 0.25) is 0 Å². The second-order valence-corrected chi connectivity index (χ2v) is 5.70. The van der Waals surface area contributed by atoms with Crippen LogP contribution in [0.1, 0.15) is 37.8 Å². The van der Waals surface area contributed by atoms with Gasteiger partial charge in [-0.25, -0.2) is 0 Å². The van der Waals surface area contributed by atoms with Crippen molar-refractivity contribution in [2.45, 2.75) is 32.1 Å². The second kappa shape index (κ2) is 6.56. The van der Waals surface area contributed by atoms with Gasteiger partial charge in [-0.15, -0.1) is 0 Å². The van der Waals surface area contributed by atoms with Crippen molar-refractivity contribution in [1.29, 1.82) is 0 Å². The summed E-state index contributed by atoms with van der Waals surface area (Å²) in [6.07, 6.45) is 10.9. The molecule has 0 aliphatic heterocycles. The quantitative estimate of drug-likeness (QED) is 0.854. The number of nitrogens with one attached hydrogen (secondary N) is 2. The van der Waals surface area contributed by atoms with Gasteiger partial charge in [0.05, 0.1) is 5.69 Å². The number of rotatable bonds is 2. The van der Waals surface area contributed by atoms with E-state index in [4.69, 9.17) is 0 Å². The number of hydrogen-bond acceptors (Lipinski definition) is 3. The van der Waals surface area contributed by atoms with Gasteiger partial charge in [-0.2, -0.15) is 0 Å². The lowest BCUT2D eigenvalue weighted by Gasteiger charge is -2.17. The zero-order valence-electron chi connectivity index (χ0n) is 12.3. The molecule has 0 spiro atoms. The zero-order valence-corrected chi connectivity index (χ0v) is 12.3. The van der Waals surface area contributed by atoms with Crippen molar-refractivity contribution in [2.75, 3.05) is 0 Å². The Kier molecular flexibility index (Phi) is 4.32. The highest BCUT2D eigenvalue weighted by atomic mass is 16.1. The maximum absolute atomic E-state index is 12.2. The molecule has 22 heavy (non-hydrogen) atoms. The van der Waals surface area contributed by atoms with E-state index in [1.54, 1.807) is 24.4 Å². The van der Waals surface area contributed by atoms with Crippen LogP contribution in [0, 0.1) is 5.92 Å². The van der Waals surface area contributed by atoms with Crippen molar-refractivity contribution in [2.24, 2.45) is 5.92 Å². The van der Waals surface area contributed by atoms with Gasteiger partial charge in [-0.1, -0.05) is 31.4 Å². The summed E-state index contributed by atoms with van der Waals surface area (Å²) >= 11 is 0. The van der Waals surface area contributed by atoms with Crippen LogP contribution < -0.4 is 21.8 Å². The molecule has 1 aliphatic rings. The third-order valence-electron chi connectivity index (χ3n) is 4.02. The maximum atomic E-state index is 12.2. The van der Waals surface area contributed by atoms with Gasteiger partial charge in [0.25, 0.3) is 11.1 Å². The van der Waals surface area contributed by atoms with Crippen molar-refractivity contribution in [3.63, 3.8) is 0 Å². The smallest absolute Gasteiger partial charge is 0.272 e. The summed E-state index contributed by atoms with van der Waals surface area (Å²) in [6, 6.07) is 5.41. The lowest BCUT2D eigenvalue weighted by molar-refractivity contribution is 0.435. The molecule has 2 N–H and O–H groups in total. The Morgan fingerprint density at radius 2 is 1.73 bits per heavy atom. The Labute approximate surface area is 127 Å². The molecule has 3 rings (SSSR count). The Bertz CT molecular complexity index is 859. The molecule has 2 aromatic rings. The van der Waals surface area contributed by atoms with Gasteiger partial charge in [0.1, 0.15) is 10.7 Å². The van der Waals surface area contributed by atoms with E-state index in [9.17, 15) is 9.59 Å². The van der Waals surface area contributed by atoms with Crippen LogP contribution in [0.4, 0.5) is 0 Å². The fraction of sp³-hybridized carbons (Fsp3) is 0.353. The van der Waals surface area contributed by atoms with Crippen LogP contribution in [0.3, 0.4) is 0 Å². The van der Waals surface area contributed by atoms with Crippen molar-refractivity contribution in [3.05, 3.63) is 61.5 Å². The zero-order chi connectivity index (χ0) is 15.4. The molecule has 2 aromatic heterocycles. The first kappa shape index (κ1) is 14.5. The van der Waals surface area contributed by atoms with E-state index < -0.39 is 0 Å². The Hall–Kier alpha value is -2.43. The van der Waals surface area contributed by atoms with Gasteiger partial charge in [0.15, 0.2) is 0 Å². The van der Waals surface area contributed by atoms with Crippen molar-refractivity contribution < 1.29 is 0 Å². The first-order chi connectivity index (χ1) is 10.7. The molecule has 5 heteroatoms. The Balaban J connectivity index is 2.02. The molecule has 1 fully saturated rings.